The fourth-order valence-electron chi connectivity index (χ4n) is 3.86. The number of fused-ring (bicyclic) bond motifs is 2. The Morgan fingerprint density at radius 2 is 2.11 bits per heavy atom. The lowest BCUT2D eigenvalue weighted by atomic mass is 10.0. The topological polar surface area (TPSA) is 71.4 Å². The first-order valence-electron chi connectivity index (χ1n) is 9.83. The highest BCUT2D eigenvalue weighted by molar-refractivity contribution is 6.10. The maximum atomic E-state index is 5.58. The third kappa shape index (κ3) is 3.43. The van der Waals surface area contributed by atoms with Crippen LogP contribution in [0.3, 0.4) is 0 Å². The van der Waals surface area contributed by atoms with E-state index < -0.39 is 0 Å². The number of benzene rings is 1. The molecule has 0 radical (unpaired) electrons. The first-order valence-corrected chi connectivity index (χ1v) is 9.83. The highest BCUT2D eigenvalue weighted by Crippen LogP contribution is 2.26. The molecule has 6 heteroatoms. The summed E-state index contributed by atoms with van der Waals surface area (Å²) in [5.74, 6) is 2.32. The summed E-state index contributed by atoms with van der Waals surface area (Å²) in [5, 5.41) is 9.20. The first-order chi connectivity index (χ1) is 13.9. The molecule has 142 valence electrons. The van der Waals surface area contributed by atoms with Gasteiger partial charge in [0.2, 0.25) is 0 Å². The lowest BCUT2D eigenvalue weighted by Gasteiger charge is -2.22. The Balaban J connectivity index is 1.34. The summed E-state index contributed by atoms with van der Waals surface area (Å²) in [6, 6.07) is 12.4. The third-order valence-corrected chi connectivity index (χ3v) is 5.36. The van der Waals surface area contributed by atoms with Crippen LogP contribution in [0.1, 0.15) is 24.1 Å². The van der Waals surface area contributed by atoms with Crippen LogP contribution in [0.25, 0.3) is 10.8 Å². The van der Waals surface area contributed by atoms with E-state index in [1.165, 1.54) is 6.42 Å². The van der Waals surface area contributed by atoms with Crippen molar-refractivity contribution in [3.05, 3.63) is 60.0 Å². The molecular formula is C22H23N5O. The molecule has 1 unspecified atom stereocenters. The molecule has 0 saturated carbocycles. The number of aliphatic imine (C=N–C) groups is 1. The smallest absolute Gasteiger partial charge is 0.152 e. The van der Waals surface area contributed by atoms with E-state index in [0.29, 0.717) is 12.5 Å². The molecule has 4 heterocycles. The van der Waals surface area contributed by atoms with Crippen molar-refractivity contribution >= 4 is 28.1 Å². The fourth-order valence-corrected chi connectivity index (χ4v) is 3.86. The van der Waals surface area contributed by atoms with Crippen LogP contribution in [0.5, 0.6) is 0 Å². The van der Waals surface area contributed by atoms with Crippen molar-refractivity contribution in [3.63, 3.8) is 0 Å². The van der Waals surface area contributed by atoms with E-state index in [1.807, 2.05) is 24.5 Å². The molecular weight excluding hydrogens is 350 g/mol. The molecule has 6 nitrogen and oxygen atoms in total. The maximum Gasteiger partial charge on any atom is 0.152 e. The average Bonchev–Trinajstić information content (AvgIpc) is 3.16. The van der Waals surface area contributed by atoms with Crippen molar-refractivity contribution in [1.29, 1.82) is 0 Å². The van der Waals surface area contributed by atoms with E-state index in [-0.39, 0.29) is 0 Å². The summed E-state index contributed by atoms with van der Waals surface area (Å²) in [4.78, 5) is 13.6. The van der Waals surface area contributed by atoms with Gasteiger partial charge in [-0.2, -0.15) is 0 Å². The summed E-state index contributed by atoms with van der Waals surface area (Å²) >= 11 is 0. The summed E-state index contributed by atoms with van der Waals surface area (Å²) in [6.07, 6.45) is 6.02. The molecule has 1 atom stereocenters. The van der Waals surface area contributed by atoms with E-state index >= 15 is 0 Å². The van der Waals surface area contributed by atoms with Gasteiger partial charge in [-0.25, -0.2) is 4.98 Å². The fraction of sp³-hybridized carbons (Fsp3) is 0.318. The quantitative estimate of drug-likeness (QED) is 0.727. The highest BCUT2D eigenvalue weighted by Gasteiger charge is 2.17. The highest BCUT2D eigenvalue weighted by atomic mass is 16.5. The van der Waals surface area contributed by atoms with Gasteiger partial charge in [-0.05, 0) is 54.5 Å². The van der Waals surface area contributed by atoms with Crippen molar-refractivity contribution in [2.75, 3.05) is 30.4 Å². The van der Waals surface area contributed by atoms with Crippen molar-refractivity contribution in [3.8, 4) is 0 Å². The Hall–Kier alpha value is -2.99. The van der Waals surface area contributed by atoms with Crippen molar-refractivity contribution in [2.24, 2.45) is 10.9 Å². The van der Waals surface area contributed by atoms with Gasteiger partial charge < -0.3 is 15.4 Å². The van der Waals surface area contributed by atoms with Crippen molar-refractivity contribution in [1.82, 2.24) is 9.97 Å². The number of aromatic nitrogens is 2. The van der Waals surface area contributed by atoms with E-state index in [9.17, 15) is 0 Å². The summed E-state index contributed by atoms with van der Waals surface area (Å²) in [6.45, 7) is 3.31. The predicted molar refractivity (Wildman–Crippen MR) is 112 cm³/mol. The number of pyridine rings is 2. The Morgan fingerprint density at radius 1 is 1.11 bits per heavy atom. The van der Waals surface area contributed by atoms with Crippen LogP contribution < -0.4 is 10.6 Å². The molecule has 0 spiro atoms. The van der Waals surface area contributed by atoms with Crippen LogP contribution in [0.2, 0.25) is 0 Å². The third-order valence-electron chi connectivity index (χ3n) is 5.36. The number of anilines is 2. The van der Waals surface area contributed by atoms with Gasteiger partial charge in [0.05, 0.1) is 13.2 Å². The molecule has 5 rings (SSSR count). The van der Waals surface area contributed by atoms with Crippen LogP contribution in [-0.4, -0.2) is 35.6 Å². The molecule has 0 aliphatic carbocycles. The van der Waals surface area contributed by atoms with Gasteiger partial charge in [0.15, 0.2) is 5.84 Å². The molecule has 0 amide bonds. The first kappa shape index (κ1) is 17.1. The Morgan fingerprint density at radius 3 is 3.04 bits per heavy atom. The molecule has 2 aliphatic rings. The normalized spacial score (nSPS) is 18.6. The van der Waals surface area contributed by atoms with Crippen LogP contribution in [0, 0.1) is 5.92 Å². The monoisotopic (exact) mass is 373 g/mol. The SMILES string of the molecule is c1cnc2c(c1)CN=C2Nc1ccc2c(NCC3CCCOC3)nccc2c1. The molecule has 2 N–H and O–H groups in total. The van der Waals surface area contributed by atoms with E-state index in [2.05, 4.69) is 49.9 Å². The largest absolute Gasteiger partial charge is 0.381 e. The van der Waals surface area contributed by atoms with Gasteiger partial charge >= 0.3 is 0 Å². The van der Waals surface area contributed by atoms with Crippen LogP contribution in [0.4, 0.5) is 11.5 Å². The molecule has 3 aromatic rings. The second kappa shape index (κ2) is 7.56. The van der Waals surface area contributed by atoms with Crippen molar-refractivity contribution < 1.29 is 4.74 Å². The molecule has 1 fully saturated rings. The number of hydrogen-bond donors (Lipinski definition) is 2. The summed E-state index contributed by atoms with van der Waals surface area (Å²) in [7, 11) is 0. The zero-order valence-electron chi connectivity index (χ0n) is 15.7. The van der Waals surface area contributed by atoms with Crippen LogP contribution in [-0.2, 0) is 11.3 Å². The number of nitrogens with one attached hydrogen (secondary N) is 2. The van der Waals surface area contributed by atoms with Crippen LogP contribution >= 0.6 is 0 Å². The van der Waals surface area contributed by atoms with Crippen molar-refractivity contribution in [2.45, 2.75) is 19.4 Å². The van der Waals surface area contributed by atoms with Gasteiger partial charge in [-0.1, -0.05) is 6.07 Å². The van der Waals surface area contributed by atoms with Gasteiger partial charge in [-0.3, -0.25) is 9.98 Å². The summed E-state index contributed by atoms with van der Waals surface area (Å²) < 4.78 is 5.58. The van der Waals surface area contributed by atoms with Gasteiger partial charge in [0.1, 0.15) is 11.5 Å². The van der Waals surface area contributed by atoms with E-state index in [4.69, 9.17) is 4.74 Å². The Labute approximate surface area is 164 Å². The molecule has 1 aromatic carbocycles. The standard InChI is InChI=1S/C22H23N5O/c1-4-17-13-26-22(20(17)23-8-1)27-18-5-6-19-16(11-18)7-9-24-21(19)25-12-15-3-2-10-28-14-15/h1,4-9,11,15H,2-3,10,12-14H2,(H,24,25)(H,26,27). The van der Waals surface area contributed by atoms with Gasteiger partial charge in [-0.15, -0.1) is 0 Å². The molecule has 1 saturated heterocycles. The summed E-state index contributed by atoms with van der Waals surface area (Å²) in [5.41, 5.74) is 3.10. The predicted octanol–water partition coefficient (Wildman–Crippen LogP) is 3.84. The molecule has 28 heavy (non-hydrogen) atoms. The average molecular weight is 373 g/mol. The zero-order valence-corrected chi connectivity index (χ0v) is 15.7. The minimum atomic E-state index is 0.555. The zero-order chi connectivity index (χ0) is 18.8. The number of rotatable bonds is 4. The second-order valence-corrected chi connectivity index (χ2v) is 7.36. The lowest BCUT2D eigenvalue weighted by Crippen LogP contribution is -2.24. The molecule has 0 bridgehead atoms. The van der Waals surface area contributed by atoms with Crippen LogP contribution in [0.15, 0.2) is 53.8 Å². The van der Waals surface area contributed by atoms with Gasteiger partial charge in [0.25, 0.3) is 0 Å². The molecule has 2 aliphatic heterocycles. The number of amidine groups is 1. The maximum absolute atomic E-state index is 5.58. The van der Waals surface area contributed by atoms with E-state index in [0.717, 1.165) is 65.6 Å². The Bertz CT molecular complexity index is 1030. The number of nitrogens with zero attached hydrogens (tertiary/aromatic N) is 3. The lowest BCUT2D eigenvalue weighted by molar-refractivity contribution is 0.0595. The Kier molecular flexibility index (Phi) is 4.62. The molecule has 2 aromatic heterocycles. The number of ether oxygens (including phenoxy) is 1. The second-order valence-electron chi connectivity index (χ2n) is 7.36. The minimum absolute atomic E-state index is 0.555. The minimum Gasteiger partial charge on any atom is -0.381 e. The number of hydrogen-bond acceptors (Lipinski definition) is 6. The van der Waals surface area contributed by atoms with E-state index in [1.54, 1.807) is 0 Å². The van der Waals surface area contributed by atoms with Gasteiger partial charge in [0, 0.05) is 42.2 Å².